The van der Waals surface area contributed by atoms with Crippen molar-refractivity contribution in [3.05, 3.63) is 29.8 Å². The number of likely N-dealkylation sites (N-methyl/N-ethyl adjacent to an activating group) is 1. The number of nitrogens with zero attached hydrogens (tertiary/aromatic N) is 1. The van der Waals surface area contributed by atoms with Gasteiger partial charge in [0.25, 0.3) is 0 Å². The van der Waals surface area contributed by atoms with Gasteiger partial charge >= 0.3 is 0 Å². The van der Waals surface area contributed by atoms with Crippen LogP contribution in [0.2, 0.25) is 0 Å². The predicted molar refractivity (Wildman–Crippen MR) is 76.3 cm³/mol. The normalized spacial score (nSPS) is 19.1. The smallest absolute Gasteiger partial charge is 0.0700 e. The Kier molecular flexibility index (Phi) is 5.02. The van der Waals surface area contributed by atoms with Crippen molar-refractivity contribution in [3.8, 4) is 0 Å². The summed E-state index contributed by atoms with van der Waals surface area (Å²) >= 11 is 0. The second kappa shape index (κ2) is 6.76. The Hall–Kier alpha value is -1.06. The molecule has 3 heteroatoms. The first kappa shape index (κ1) is 13.4. The van der Waals surface area contributed by atoms with E-state index in [1.54, 1.807) is 0 Å². The number of aryl methyl sites for hydroxylation is 1. The molecule has 0 saturated carbocycles. The van der Waals surface area contributed by atoms with Gasteiger partial charge in [0.2, 0.25) is 0 Å². The van der Waals surface area contributed by atoms with Gasteiger partial charge in [-0.15, -0.1) is 0 Å². The molecule has 0 spiro atoms. The summed E-state index contributed by atoms with van der Waals surface area (Å²) in [5.41, 5.74) is 2.59. The summed E-state index contributed by atoms with van der Waals surface area (Å²) in [6.07, 6.45) is 2.87. The number of hydrogen-bond acceptors (Lipinski definition) is 3. The third kappa shape index (κ3) is 4.00. The molecule has 2 rings (SSSR count). The van der Waals surface area contributed by atoms with Crippen LogP contribution in [-0.4, -0.2) is 39.4 Å². The van der Waals surface area contributed by atoms with Crippen molar-refractivity contribution < 1.29 is 4.74 Å². The van der Waals surface area contributed by atoms with Gasteiger partial charge in [0.1, 0.15) is 0 Å². The maximum Gasteiger partial charge on any atom is 0.0700 e. The molecule has 0 aliphatic carbocycles. The van der Waals surface area contributed by atoms with Crippen LogP contribution >= 0.6 is 0 Å². The van der Waals surface area contributed by atoms with Gasteiger partial charge in [0.05, 0.1) is 6.10 Å². The second-order valence-electron chi connectivity index (χ2n) is 5.10. The Labute approximate surface area is 110 Å². The number of benzene rings is 1. The maximum atomic E-state index is 5.58. The summed E-state index contributed by atoms with van der Waals surface area (Å²) in [6.45, 7) is 6.07. The van der Waals surface area contributed by atoms with Gasteiger partial charge < -0.3 is 15.0 Å². The molecule has 1 aliphatic heterocycles. The van der Waals surface area contributed by atoms with E-state index in [1.807, 2.05) is 0 Å². The molecule has 1 heterocycles. The SMILES string of the molecule is Cc1ccc(N(C)CCNCC2CCCO2)cc1. The van der Waals surface area contributed by atoms with Gasteiger partial charge in [-0.05, 0) is 31.9 Å². The van der Waals surface area contributed by atoms with E-state index in [1.165, 1.54) is 24.1 Å². The fraction of sp³-hybridized carbons (Fsp3) is 0.600. The van der Waals surface area contributed by atoms with Gasteiger partial charge in [0, 0.05) is 39.0 Å². The Morgan fingerprint density at radius 2 is 2.11 bits per heavy atom. The highest BCUT2D eigenvalue weighted by Gasteiger charge is 2.14. The van der Waals surface area contributed by atoms with E-state index in [4.69, 9.17) is 4.74 Å². The largest absolute Gasteiger partial charge is 0.377 e. The highest BCUT2D eigenvalue weighted by atomic mass is 16.5. The summed E-state index contributed by atoms with van der Waals surface area (Å²) in [4.78, 5) is 2.28. The zero-order valence-corrected chi connectivity index (χ0v) is 11.5. The lowest BCUT2D eigenvalue weighted by atomic mass is 10.2. The lowest BCUT2D eigenvalue weighted by Crippen LogP contribution is -2.33. The van der Waals surface area contributed by atoms with E-state index >= 15 is 0 Å². The minimum atomic E-state index is 0.440. The molecule has 1 atom stereocenters. The first-order valence-electron chi connectivity index (χ1n) is 6.86. The lowest BCUT2D eigenvalue weighted by molar-refractivity contribution is 0.110. The molecule has 0 radical (unpaired) electrons. The van der Waals surface area contributed by atoms with Crippen molar-refractivity contribution in [1.29, 1.82) is 0 Å². The molecule has 1 unspecified atom stereocenters. The first-order chi connectivity index (χ1) is 8.75. The number of anilines is 1. The molecule has 0 bridgehead atoms. The molecule has 1 fully saturated rings. The molecular weight excluding hydrogens is 224 g/mol. The average Bonchev–Trinajstić information content (AvgIpc) is 2.88. The van der Waals surface area contributed by atoms with Gasteiger partial charge in [-0.2, -0.15) is 0 Å². The quantitative estimate of drug-likeness (QED) is 0.781. The van der Waals surface area contributed by atoms with E-state index in [-0.39, 0.29) is 0 Å². The van der Waals surface area contributed by atoms with Gasteiger partial charge in [-0.25, -0.2) is 0 Å². The molecule has 1 saturated heterocycles. The van der Waals surface area contributed by atoms with Crippen LogP contribution in [0.15, 0.2) is 24.3 Å². The van der Waals surface area contributed by atoms with Crippen LogP contribution in [-0.2, 0) is 4.74 Å². The van der Waals surface area contributed by atoms with Crippen LogP contribution in [0.1, 0.15) is 18.4 Å². The van der Waals surface area contributed by atoms with Crippen molar-refractivity contribution in [1.82, 2.24) is 5.32 Å². The van der Waals surface area contributed by atoms with Crippen molar-refractivity contribution >= 4 is 5.69 Å². The molecule has 1 N–H and O–H groups in total. The van der Waals surface area contributed by atoms with Gasteiger partial charge in [-0.1, -0.05) is 17.7 Å². The summed E-state index contributed by atoms with van der Waals surface area (Å²) in [5, 5.41) is 3.47. The average molecular weight is 248 g/mol. The van der Waals surface area contributed by atoms with Gasteiger partial charge in [0.15, 0.2) is 0 Å². The summed E-state index contributed by atoms with van der Waals surface area (Å²) in [7, 11) is 2.14. The summed E-state index contributed by atoms with van der Waals surface area (Å²) < 4.78 is 5.58. The molecule has 18 heavy (non-hydrogen) atoms. The minimum Gasteiger partial charge on any atom is -0.377 e. The monoisotopic (exact) mass is 248 g/mol. The van der Waals surface area contributed by atoms with Crippen molar-refractivity contribution in [2.75, 3.05) is 38.2 Å². The first-order valence-corrected chi connectivity index (χ1v) is 6.86. The van der Waals surface area contributed by atoms with Crippen molar-refractivity contribution in [2.45, 2.75) is 25.9 Å². The lowest BCUT2D eigenvalue weighted by Gasteiger charge is -2.20. The molecule has 100 valence electrons. The van der Waals surface area contributed by atoms with E-state index in [0.29, 0.717) is 6.10 Å². The van der Waals surface area contributed by atoms with Crippen LogP contribution < -0.4 is 10.2 Å². The number of rotatable bonds is 6. The Balaban J connectivity index is 1.64. The maximum absolute atomic E-state index is 5.58. The summed E-state index contributed by atoms with van der Waals surface area (Å²) in [5.74, 6) is 0. The van der Waals surface area contributed by atoms with E-state index in [9.17, 15) is 0 Å². The van der Waals surface area contributed by atoms with E-state index in [0.717, 1.165) is 26.2 Å². The van der Waals surface area contributed by atoms with Crippen LogP contribution in [0, 0.1) is 6.92 Å². The highest BCUT2D eigenvalue weighted by molar-refractivity contribution is 5.46. The Bertz CT molecular complexity index is 344. The molecule has 0 amide bonds. The van der Waals surface area contributed by atoms with E-state index < -0.39 is 0 Å². The number of hydrogen-bond donors (Lipinski definition) is 1. The molecule has 1 aliphatic rings. The third-order valence-corrected chi connectivity index (χ3v) is 3.49. The molecule has 0 aromatic heterocycles. The predicted octanol–water partition coefficient (Wildman–Crippen LogP) is 2.20. The van der Waals surface area contributed by atoms with Crippen LogP contribution in [0.25, 0.3) is 0 Å². The van der Waals surface area contributed by atoms with Crippen molar-refractivity contribution in [3.63, 3.8) is 0 Å². The van der Waals surface area contributed by atoms with Crippen LogP contribution in [0.3, 0.4) is 0 Å². The Morgan fingerprint density at radius 1 is 1.33 bits per heavy atom. The van der Waals surface area contributed by atoms with E-state index in [2.05, 4.69) is 48.5 Å². The zero-order valence-electron chi connectivity index (χ0n) is 11.5. The third-order valence-electron chi connectivity index (χ3n) is 3.49. The number of ether oxygens (including phenoxy) is 1. The fourth-order valence-corrected chi connectivity index (χ4v) is 2.24. The van der Waals surface area contributed by atoms with Crippen LogP contribution in [0.4, 0.5) is 5.69 Å². The second-order valence-corrected chi connectivity index (χ2v) is 5.10. The minimum absolute atomic E-state index is 0.440. The number of nitrogens with one attached hydrogen (secondary N) is 1. The molecular formula is C15H24N2O. The highest BCUT2D eigenvalue weighted by Crippen LogP contribution is 2.13. The zero-order chi connectivity index (χ0) is 12.8. The molecule has 1 aromatic rings. The molecule has 1 aromatic carbocycles. The topological polar surface area (TPSA) is 24.5 Å². The van der Waals surface area contributed by atoms with Crippen molar-refractivity contribution in [2.24, 2.45) is 0 Å². The molecule has 3 nitrogen and oxygen atoms in total. The van der Waals surface area contributed by atoms with Crippen LogP contribution in [0.5, 0.6) is 0 Å². The summed E-state index contributed by atoms with van der Waals surface area (Å²) in [6, 6.07) is 8.67. The Morgan fingerprint density at radius 3 is 2.78 bits per heavy atom. The standard InChI is InChI=1S/C15H24N2O/c1-13-5-7-14(8-6-13)17(2)10-9-16-12-15-4-3-11-18-15/h5-8,15-16H,3-4,9-12H2,1-2H3. The fourth-order valence-electron chi connectivity index (χ4n) is 2.24. The van der Waals surface area contributed by atoms with Gasteiger partial charge in [-0.3, -0.25) is 0 Å².